The van der Waals surface area contributed by atoms with Gasteiger partial charge in [-0.15, -0.1) is 11.3 Å². The third-order valence-electron chi connectivity index (χ3n) is 4.04. The van der Waals surface area contributed by atoms with Gasteiger partial charge in [-0.25, -0.2) is 19.7 Å². The SMILES string of the molecule is O=C(O)c1coc(CN2CCN(c3ncnc4sccc34)CC2)n1. The second kappa shape index (κ2) is 6.17. The first kappa shape index (κ1) is 15.0. The van der Waals surface area contributed by atoms with Gasteiger partial charge in [-0.05, 0) is 11.4 Å². The molecule has 3 aromatic heterocycles. The Bertz CT molecular complexity index is 869. The number of nitrogens with zero attached hydrogens (tertiary/aromatic N) is 5. The van der Waals surface area contributed by atoms with Crippen LogP contribution >= 0.6 is 11.3 Å². The van der Waals surface area contributed by atoms with Gasteiger partial charge in [0.25, 0.3) is 0 Å². The molecule has 0 radical (unpaired) electrons. The summed E-state index contributed by atoms with van der Waals surface area (Å²) < 4.78 is 5.22. The van der Waals surface area contributed by atoms with Gasteiger partial charge in [0.1, 0.15) is 23.2 Å². The van der Waals surface area contributed by atoms with E-state index in [4.69, 9.17) is 9.52 Å². The van der Waals surface area contributed by atoms with Crippen LogP contribution in [0.15, 0.2) is 28.5 Å². The van der Waals surface area contributed by atoms with Crippen molar-refractivity contribution in [3.63, 3.8) is 0 Å². The minimum absolute atomic E-state index is 0.0514. The van der Waals surface area contributed by atoms with Gasteiger partial charge in [-0.2, -0.15) is 0 Å². The van der Waals surface area contributed by atoms with Crippen LogP contribution < -0.4 is 4.90 Å². The Hall–Kier alpha value is -2.52. The molecule has 0 bridgehead atoms. The Morgan fingerprint density at radius 2 is 2.12 bits per heavy atom. The Morgan fingerprint density at radius 3 is 2.88 bits per heavy atom. The molecule has 1 aliphatic heterocycles. The Balaban J connectivity index is 1.41. The molecule has 124 valence electrons. The van der Waals surface area contributed by atoms with Gasteiger partial charge in [0.15, 0.2) is 5.69 Å². The molecule has 0 aliphatic carbocycles. The predicted octanol–water partition coefficient (Wildman–Crippen LogP) is 1.70. The highest BCUT2D eigenvalue weighted by molar-refractivity contribution is 7.16. The Labute approximate surface area is 141 Å². The molecular weight excluding hydrogens is 330 g/mol. The molecule has 4 rings (SSSR count). The minimum Gasteiger partial charge on any atom is -0.476 e. The van der Waals surface area contributed by atoms with Gasteiger partial charge in [0.2, 0.25) is 5.89 Å². The van der Waals surface area contributed by atoms with E-state index < -0.39 is 5.97 Å². The molecule has 24 heavy (non-hydrogen) atoms. The number of thiophene rings is 1. The van der Waals surface area contributed by atoms with Crippen molar-refractivity contribution in [3.05, 3.63) is 35.6 Å². The predicted molar refractivity (Wildman–Crippen MR) is 88.4 cm³/mol. The van der Waals surface area contributed by atoms with Crippen LogP contribution in [0.1, 0.15) is 16.4 Å². The number of oxazole rings is 1. The van der Waals surface area contributed by atoms with Gasteiger partial charge < -0.3 is 14.4 Å². The van der Waals surface area contributed by atoms with Crippen molar-refractivity contribution in [1.82, 2.24) is 19.9 Å². The first-order chi connectivity index (χ1) is 11.7. The molecule has 3 aromatic rings. The number of carboxylic acid groups (broad SMARTS) is 1. The molecule has 1 N–H and O–H groups in total. The van der Waals surface area contributed by atoms with Gasteiger partial charge in [0, 0.05) is 26.2 Å². The van der Waals surface area contributed by atoms with Crippen molar-refractivity contribution < 1.29 is 14.3 Å². The number of hydrogen-bond acceptors (Lipinski definition) is 8. The molecule has 8 nitrogen and oxygen atoms in total. The topological polar surface area (TPSA) is 95.6 Å². The maximum Gasteiger partial charge on any atom is 0.357 e. The summed E-state index contributed by atoms with van der Waals surface area (Å²) in [7, 11) is 0. The van der Waals surface area contributed by atoms with E-state index in [1.807, 2.05) is 5.38 Å². The van der Waals surface area contributed by atoms with E-state index in [1.54, 1.807) is 17.7 Å². The summed E-state index contributed by atoms with van der Waals surface area (Å²) in [5.74, 6) is 0.339. The van der Waals surface area contributed by atoms with Crippen LogP contribution in [0.2, 0.25) is 0 Å². The summed E-state index contributed by atoms with van der Waals surface area (Å²) in [5.41, 5.74) is -0.0514. The van der Waals surface area contributed by atoms with E-state index in [0.29, 0.717) is 12.4 Å². The van der Waals surface area contributed by atoms with E-state index in [0.717, 1.165) is 42.2 Å². The number of aromatic carboxylic acids is 1. The average molecular weight is 345 g/mol. The van der Waals surface area contributed by atoms with E-state index in [2.05, 4.69) is 30.8 Å². The number of hydrogen-bond donors (Lipinski definition) is 1. The normalized spacial score (nSPS) is 15.9. The zero-order valence-electron chi connectivity index (χ0n) is 12.8. The van der Waals surface area contributed by atoms with Crippen LogP contribution in [-0.2, 0) is 6.54 Å². The first-order valence-corrected chi connectivity index (χ1v) is 8.42. The van der Waals surface area contributed by atoms with Crippen molar-refractivity contribution in [1.29, 1.82) is 0 Å². The van der Waals surface area contributed by atoms with Crippen molar-refractivity contribution in [2.24, 2.45) is 0 Å². The monoisotopic (exact) mass is 345 g/mol. The highest BCUT2D eigenvalue weighted by Gasteiger charge is 2.22. The first-order valence-electron chi connectivity index (χ1n) is 7.54. The number of carbonyl (C=O) groups is 1. The second-order valence-corrected chi connectivity index (χ2v) is 6.43. The minimum atomic E-state index is -1.07. The van der Waals surface area contributed by atoms with Crippen LogP contribution in [0.4, 0.5) is 5.82 Å². The number of rotatable bonds is 4. The van der Waals surface area contributed by atoms with Crippen molar-refractivity contribution in [3.8, 4) is 0 Å². The molecule has 9 heteroatoms. The highest BCUT2D eigenvalue weighted by atomic mass is 32.1. The van der Waals surface area contributed by atoms with Crippen LogP contribution in [0.3, 0.4) is 0 Å². The molecule has 1 fully saturated rings. The lowest BCUT2D eigenvalue weighted by Crippen LogP contribution is -2.46. The second-order valence-electron chi connectivity index (χ2n) is 5.53. The number of aromatic nitrogens is 3. The molecular formula is C15H15N5O3S. The largest absolute Gasteiger partial charge is 0.476 e. The highest BCUT2D eigenvalue weighted by Crippen LogP contribution is 2.27. The lowest BCUT2D eigenvalue weighted by atomic mass is 10.2. The molecule has 4 heterocycles. The van der Waals surface area contributed by atoms with Crippen LogP contribution in [-0.4, -0.2) is 57.1 Å². The smallest absolute Gasteiger partial charge is 0.357 e. The molecule has 0 atom stereocenters. The fourth-order valence-electron chi connectivity index (χ4n) is 2.82. The summed E-state index contributed by atoms with van der Waals surface area (Å²) in [6.45, 7) is 3.86. The molecule has 0 aromatic carbocycles. The van der Waals surface area contributed by atoms with Gasteiger partial charge in [-0.3, -0.25) is 4.90 Å². The molecule has 0 saturated carbocycles. The van der Waals surface area contributed by atoms with Crippen molar-refractivity contribution >= 4 is 33.3 Å². The molecule has 1 aliphatic rings. The van der Waals surface area contributed by atoms with Crippen LogP contribution in [0.25, 0.3) is 10.2 Å². The molecule has 1 saturated heterocycles. The standard InChI is InChI=1S/C15H15N5O3S/c21-15(22)11-8-23-12(18-11)7-19-2-4-20(5-3-19)13-10-1-6-24-14(10)17-9-16-13/h1,6,8-9H,2-5,7H2,(H,21,22). The van der Waals surface area contributed by atoms with Crippen molar-refractivity contribution in [2.75, 3.05) is 31.1 Å². The average Bonchev–Trinajstić information content (AvgIpc) is 3.24. The number of anilines is 1. The third kappa shape index (κ3) is 2.83. The third-order valence-corrected chi connectivity index (χ3v) is 4.86. The zero-order chi connectivity index (χ0) is 16.5. The molecule has 0 amide bonds. The van der Waals surface area contributed by atoms with Crippen LogP contribution in [0, 0.1) is 0 Å². The summed E-state index contributed by atoms with van der Waals surface area (Å²) in [6.07, 6.45) is 2.79. The summed E-state index contributed by atoms with van der Waals surface area (Å²) >= 11 is 1.62. The summed E-state index contributed by atoms with van der Waals surface area (Å²) in [5, 5.41) is 12.0. The van der Waals surface area contributed by atoms with E-state index in [9.17, 15) is 4.79 Å². The maximum absolute atomic E-state index is 10.8. The Morgan fingerprint density at radius 1 is 1.29 bits per heavy atom. The molecule has 0 spiro atoms. The summed E-state index contributed by atoms with van der Waals surface area (Å²) in [6, 6.07) is 2.06. The number of piperazine rings is 1. The number of fused-ring (bicyclic) bond motifs is 1. The molecule has 0 unspecified atom stereocenters. The fourth-order valence-corrected chi connectivity index (χ4v) is 3.55. The van der Waals surface area contributed by atoms with Crippen molar-refractivity contribution in [2.45, 2.75) is 6.54 Å². The van der Waals surface area contributed by atoms with E-state index in [-0.39, 0.29) is 5.69 Å². The summed E-state index contributed by atoms with van der Waals surface area (Å²) in [4.78, 5) is 29.0. The maximum atomic E-state index is 10.8. The lowest BCUT2D eigenvalue weighted by molar-refractivity contribution is 0.0690. The zero-order valence-corrected chi connectivity index (χ0v) is 13.6. The van der Waals surface area contributed by atoms with Gasteiger partial charge in [0.05, 0.1) is 11.9 Å². The number of carboxylic acids is 1. The van der Waals surface area contributed by atoms with E-state index in [1.165, 1.54) is 6.26 Å². The van der Waals surface area contributed by atoms with Crippen LogP contribution in [0.5, 0.6) is 0 Å². The van der Waals surface area contributed by atoms with Gasteiger partial charge in [-0.1, -0.05) is 0 Å². The Kier molecular flexibility index (Phi) is 3.87. The fraction of sp³-hybridized carbons (Fsp3) is 0.333. The van der Waals surface area contributed by atoms with E-state index >= 15 is 0 Å². The van der Waals surface area contributed by atoms with Gasteiger partial charge >= 0.3 is 5.97 Å². The quantitative estimate of drug-likeness (QED) is 0.763. The lowest BCUT2D eigenvalue weighted by Gasteiger charge is -2.34.